The van der Waals surface area contributed by atoms with Gasteiger partial charge in [0.15, 0.2) is 0 Å². The number of amides is 2. The Balaban J connectivity index is 1.42. The molecule has 0 radical (unpaired) electrons. The summed E-state index contributed by atoms with van der Waals surface area (Å²) in [5, 5.41) is 6.26. The first kappa shape index (κ1) is 21.4. The SMILES string of the molecule is O=C(NCc1ccc(Cl)cc1)Nc1ccc2c(c1)CN(S(=O)(=O)c1ccccc1)CC2. The highest BCUT2D eigenvalue weighted by Gasteiger charge is 2.28. The molecule has 3 aromatic rings. The lowest BCUT2D eigenvalue weighted by Crippen LogP contribution is -2.36. The fourth-order valence-electron chi connectivity index (χ4n) is 3.52. The van der Waals surface area contributed by atoms with Gasteiger partial charge in [0.25, 0.3) is 0 Å². The summed E-state index contributed by atoms with van der Waals surface area (Å²) in [6.07, 6.45) is 0.629. The predicted molar refractivity (Wildman–Crippen MR) is 121 cm³/mol. The van der Waals surface area contributed by atoms with Crippen LogP contribution in [0.5, 0.6) is 0 Å². The molecule has 4 rings (SSSR count). The first-order chi connectivity index (χ1) is 14.9. The second-order valence-electron chi connectivity index (χ2n) is 7.32. The van der Waals surface area contributed by atoms with Crippen molar-refractivity contribution in [1.82, 2.24) is 9.62 Å². The highest BCUT2D eigenvalue weighted by atomic mass is 35.5. The van der Waals surface area contributed by atoms with E-state index in [1.807, 2.05) is 30.3 Å². The monoisotopic (exact) mass is 455 g/mol. The Morgan fingerprint density at radius 1 is 0.968 bits per heavy atom. The number of urea groups is 1. The molecule has 1 aliphatic heterocycles. The van der Waals surface area contributed by atoms with Gasteiger partial charge >= 0.3 is 6.03 Å². The van der Waals surface area contributed by atoms with Crippen molar-refractivity contribution in [3.63, 3.8) is 0 Å². The van der Waals surface area contributed by atoms with Gasteiger partial charge in [-0.3, -0.25) is 0 Å². The summed E-state index contributed by atoms with van der Waals surface area (Å²) in [4.78, 5) is 12.6. The Morgan fingerprint density at radius 3 is 2.45 bits per heavy atom. The summed E-state index contributed by atoms with van der Waals surface area (Å²) in [6, 6.07) is 21.0. The van der Waals surface area contributed by atoms with Gasteiger partial charge in [0.1, 0.15) is 0 Å². The van der Waals surface area contributed by atoms with E-state index in [4.69, 9.17) is 11.6 Å². The topological polar surface area (TPSA) is 78.5 Å². The van der Waals surface area contributed by atoms with Crippen LogP contribution in [0.3, 0.4) is 0 Å². The van der Waals surface area contributed by atoms with Gasteiger partial charge in [-0.25, -0.2) is 13.2 Å². The fourth-order valence-corrected chi connectivity index (χ4v) is 5.08. The number of rotatable bonds is 5. The van der Waals surface area contributed by atoms with E-state index in [1.165, 1.54) is 4.31 Å². The molecular formula is C23H22ClN3O3S. The molecule has 6 nitrogen and oxygen atoms in total. The zero-order valence-electron chi connectivity index (χ0n) is 16.7. The van der Waals surface area contributed by atoms with Crippen molar-refractivity contribution in [2.75, 3.05) is 11.9 Å². The summed E-state index contributed by atoms with van der Waals surface area (Å²) in [5.41, 5.74) is 3.53. The first-order valence-electron chi connectivity index (χ1n) is 9.88. The van der Waals surface area contributed by atoms with Gasteiger partial charge in [-0.05, 0) is 59.5 Å². The maximum Gasteiger partial charge on any atom is 0.319 e. The van der Waals surface area contributed by atoms with Gasteiger partial charge in [-0.15, -0.1) is 0 Å². The Kier molecular flexibility index (Phi) is 6.27. The van der Waals surface area contributed by atoms with Crippen molar-refractivity contribution in [2.24, 2.45) is 0 Å². The van der Waals surface area contributed by atoms with Crippen LogP contribution in [0, 0.1) is 0 Å². The molecule has 0 saturated heterocycles. The molecule has 0 saturated carbocycles. The minimum Gasteiger partial charge on any atom is -0.334 e. The number of fused-ring (bicyclic) bond motifs is 1. The lowest BCUT2D eigenvalue weighted by atomic mass is 10.0. The summed E-state index contributed by atoms with van der Waals surface area (Å²) in [6.45, 7) is 1.07. The highest BCUT2D eigenvalue weighted by molar-refractivity contribution is 7.89. The van der Waals surface area contributed by atoms with E-state index in [-0.39, 0.29) is 17.5 Å². The molecule has 0 unspecified atom stereocenters. The maximum atomic E-state index is 12.9. The number of sulfonamides is 1. The van der Waals surface area contributed by atoms with Crippen LogP contribution in [0.4, 0.5) is 10.5 Å². The lowest BCUT2D eigenvalue weighted by molar-refractivity contribution is 0.251. The number of carbonyl (C=O) groups excluding carboxylic acids is 1. The van der Waals surface area contributed by atoms with E-state index in [2.05, 4.69) is 10.6 Å². The van der Waals surface area contributed by atoms with Crippen molar-refractivity contribution in [3.05, 3.63) is 94.5 Å². The van der Waals surface area contributed by atoms with Crippen LogP contribution in [0.25, 0.3) is 0 Å². The number of nitrogens with zero attached hydrogens (tertiary/aromatic N) is 1. The Morgan fingerprint density at radius 2 is 1.71 bits per heavy atom. The number of hydrogen-bond acceptors (Lipinski definition) is 3. The number of halogens is 1. The Hall–Kier alpha value is -2.87. The third-order valence-electron chi connectivity index (χ3n) is 5.19. The number of hydrogen-bond donors (Lipinski definition) is 2. The minimum absolute atomic E-state index is 0.272. The van der Waals surface area contributed by atoms with Gasteiger partial charge in [0, 0.05) is 30.3 Å². The quantitative estimate of drug-likeness (QED) is 0.598. The van der Waals surface area contributed by atoms with Crippen molar-refractivity contribution in [2.45, 2.75) is 24.4 Å². The average Bonchev–Trinajstić information content (AvgIpc) is 2.79. The Bertz CT molecular complexity index is 1180. The summed E-state index contributed by atoms with van der Waals surface area (Å²) in [7, 11) is -3.56. The molecule has 8 heteroatoms. The zero-order valence-corrected chi connectivity index (χ0v) is 18.3. The van der Waals surface area contributed by atoms with Crippen LogP contribution in [0.1, 0.15) is 16.7 Å². The van der Waals surface area contributed by atoms with Crippen LogP contribution >= 0.6 is 11.6 Å². The standard InChI is InChI=1S/C23H22ClN3O3S/c24-20-9-6-17(7-10-20)15-25-23(28)26-21-11-8-18-12-13-27(16-19(18)14-21)31(29,30)22-4-2-1-3-5-22/h1-11,14H,12-13,15-16H2,(H2,25,26,28). The number of nitrogens with one attached hydrogen (secondary N) is 2. The largest absolute Gasteiger partial charge is 0.334 e. The summed E-state index contributed by atoms with van der Waals surface area (Å²) in [5.74, 6) is 0. The molecule has 2 amide bonds. The molecule has 3 aromatic carbocycles. The van der Waals surface area contributed by atoms with Gasteiger partial charge in [-0.1, -0.05) is 48.0 Å². The zero-order chi connectivity index (χ0) is 21.8. The van der Waals surface area contributed by atoms with Gasteiger partial charge < -0.3 is 10.6 Å². The molecule has 2 N–H and O–H groups in total. The fraction of sp³-hybridized carbons (Fsp3) is 0.174. The van der Waals surface area contributed by atoms with E-state index in [0.717, 1.165) is 16.7 Å². The first-order valence-corrected chi connectivity index (χ1v) is 11.7. The second kappa shape index (κ2) is 9.09. The van der Waals surface area contributed by atoms with Crippen LogP contribution in [-0.2, 0) is 29.5 Å². The van der Waals surface area contributed by atoms with Crippen molar-refractivity contribution >= 4 is 33.3 Å². The number of anilines is 1. The molecule has 0 aliphatic carbocycles. The Labute approximate surface area is 186 Å². The van der Waals surface area contributed by atoms with Crippen molar-refractivity contribution in [1.29, 1.82) is 0 Å². The smallest absolute Gasteiger partial charge is 0.319 e. The van der Waals surface area contributed by atoms with Crippen LogP contribution in [0.15, 0.2) is 77.7 Å². The van der Waals surface area contributed by atoms with Crippen LogP contribution in [-0.4, -0.2) is 25.3 Å². The summed E-state index contributed by atoms with van der Waals surface area (Å²) >= 11 is 5.87. The van der Waals surface area contributed by atoms with Crippen molar-refractivity contribution < 1.29 is 13.2 Å². The van der Waals surface area contributed by atoms with Crippen molar-refractivity contribution in [3.8, 4) is 0 Å². The molecule has 1 heterocycles. The highest BCUT2D eigenvalue weighted by Crippen LogP contribution is 2.27. The second-order valence-corrected chi connectivity index (χ2v) is 9.69. The van der Waals surface area contributed by atoms with E-state index < -0.39 is 10.0 Å². The molecule has 1 aliphatic rings. The number of benzene rings is 3. The molecule has 0 aromatic heterocycles. The van der Waals surface area contributed by atoms with Gasteiger partial charge in [0.05, 0.1) is 4.90 Å². The molecule has 0 atom stereocenters. The van der Waals surface area contributed by atoms with E-state index in [9.17, 15) is 13.2 Å². The lowest BCUT2D eigenvalue weighted by Gasteiger charge is -2.28. The molecule has 0 spiro atoms. The van der Waals surface area contributed by atoms with Crippen LogP contribution in [0.2, 0.25) is 5.02 Å². The summed E-state index contributed by atoms with van der Waals surface area (Å²) < 4.78 is 27.4. The minimum atomic E-state index is -3.56. The van der Waals surface area contributed by atoms with E-state index in [1.54, 1.807) is 42.5 Å². The normalized spacial score (nSPS) is 14.0. The molecule has 0 bridgehead atoms. The van der Waals surface area contributed by atoms with Crippen LogP contribution < -0.4 is 10.6 Å². The molecular weight excluding hydrogens is 434 g/mol. The van der Waals surface area contributed by atoms with Gasteiger partial charge in [-0.2, -0.15) is 4.31 Å². The number of carbonyl (C=O) groups is 1. The third-order valence-corrected chi connectivity index (χ3v) is 7.30. The third kappa shape index (κ3) is 5.07. The molecule has 31 heavy (non-hydrogen) atoms. The maximum absolute atomic E-state index is 12.9. The van der Waals surface area contributed by atoms with E-state index in [0.29, 0.717) is 30.2 Å². The van der Waals surface area contributed by atoms with Gasteiger partial charge in [0.2, 0.25) is 10.0 Å². The molecule has 160 valence electrons. The molecule has 0 fully saturated rings. The van der Waals surface area contributed by atoms with E-state index >= 15 is 0 Å². The predicted octanol–water partition coefficient (Wildman–Crippen LogP) is 4.41. The average molecular weight is 456 g/mol.